The number of sulfone groups is 1. The second kappa shape index (κ2) is 6.99. The van der Waals surface area contributed by atoms with Crippen LogP contribution in [0.25, 0.3) is 0 Å². The van der Waals surface area contributed by atoms with Crippen molar-refractivity contribution in [3.63, 3.8) is 0 Å². The van der Waals surface area contributed by atoms with Crippen molar-refractivity contribution in [2.75, 3.05) is 42.6 Å². The average molecular weight is 388 g/mol. The van der Waals surface area contributed by atoms with E-state index >= 15 is 0 Å². The molecule has 0 aliphatic carbocycles. The molecule has 1 aromatic carbocycles. The minimum Gasteiger partial charge on any atom is -0.368 e. The van der Waals surface area contributed by atoms with E-state index in [0.29, 0.717) is 25.2 Å². The third kappa shape index (κ3) is 3.71. The van der Waals surface area contributed by atoms with E-state index in [1.54, 1.807) is 10.7 Å². The van der Waals surface area contributed by atoms with Gasteiger partial charge in [0.25, 0.3) is 5.91 Å². The second-order valence-corrected chi connectivity index (χ2v) is 9.52. The highest BCUT2D eigenvalue weighted by Crippen LogP contribution is 2.25. The van der Waals surface area contributed by atoms with Gasteiger partial charge in [0.15, 0.2) is 15.5 Å². The molecule has 2 aromatic rings. The van der Waals surface area contributed by atoms with Gasteiger partial charge in [0.2, 0.25) is 0 Å². The summed E-state index contributed by atoms with van der Waals surface area (Å²) in [5.74, 6) is 0.228. The van der Waals surface area contributed by atoms with Crippen LogP contribution < -0.4 is 4.90 Å². The molecule has 2 fully saturated rings. The zero-order valence-corrected chi connectivity index (χ0v) is 16.2. The lowest BCUT2D eigenvalue weighted by Gasteiger charge is -2.35. The van der Waals surface area contributed by atoms with Crippen LogP contribution >= 0.6 is 0 Å². The molecule has 4 rings (SSSR count). The van der Waals surface area contributed by atoms with Crippen LogP contribution in [-0.2, 0) is 9.84 Å². The molecule has 7 nitrogen and oxygen atoms in total. The molecule has 0 radical (unpaired) electrons. The average Bonchev–Trinajstić information content (AvgIpc) is 3.24. The van der Waals surface area contributed by atoms with E-state index in [-0.39, 0.29) is 23.5 Å². The van der Waals surface area contributed by atoms with Crippen molar-refractivity contribution in [2.24, 2.45) is 0 Å². The summed E-state index contributed by atoms with van der Waals surface area (Å²) in [4.78, 5) is 17.0. The minimum atomic E-state index is -2.99. The number of hydrogen-bond donors (Lipinski definition) is 0. The predicted molar refractivity (Wildman–Crippen MR) is 104 cm³/mol. The summed E-state index contributed by atoms with van der Waals surface area (Å²) >= 11 is 0. The number of aryl methyl sites for hydroxylation is 1. The molecule has 0 spiro atoms. The lowest BCUT2D eigenvalue weighted by molar-refractivity contribution is 0.0739. The molecule has 27 heavy (non-hydrogen) atoms. The van der Waals surface area contributed by atoms with Crippen molar-refractivity contribution in [3.05, 3.63) is 47.8 Å². The van der Waals surface area contributed by atoms with Crippen molar-refractivity contribution >= 4 is 21.4 Å². The third-order valence-electron chi connectivity index (χ3n) is 5.38. The maximum absolute atomic E-state index is 12.9. The molecule has 1 atom stereocenters. The van der Waals surface area contributed by atoms with Gasteiger partial charge >= 0.3 is 0 Å². The van der Waals surface area contributed by atoms with E-state index in [2.05, 4.69) is 22.1 Å². The Bertz CT molecular complexity index is 931. The maximum atomic E-state index is 12.9. The first-order valence-electron chi connectivity index (χ1n) is 9.29. The molecule has 144 valence electrons. The number of carbonyl (C=O) groups is 1. The molecule has 2 aliphatic rings. The van der Waals surface area contributed by atoms with E-state index in [0.717, 1.165) is 18.8 Å². The monoisotopic (exact) mass is 388 g/mol. The van der Waals surface area contributed by atoms with E-state index < -0.39 is 9.84 Å². The van der Waals surface area contributed by atoms with Crippen LogP contribution in [0.1, 0.15) is 28.6 Å². The van der Waals surface area contributed by atoms with E-state index in [4.69, 9.17) is 0 Å². The SMILES string of the molecule is Cc1cc(C(=O)N2CCN(c3ccccc3)CC2)nn1C1CCS(=O)(=O)C1. The summed E-state index contributed by atoms with van der Waals surface area (Å²) in [6.45, 7) is 4.75. The Kier molecular flexibility index (Phi) is 4.67. The molecule has 8 heteroatoms. The first kappa shape index (κ1) is 18.0. The Morgan fingerprint density at radius 1 is 1.11 bits per heavy atom. The first-order chi connectivity index (χ1) is 12.9. The van der Waals surface area contributed by atoms with Gasteiger partial charge in [0, 0.05) is 37.6 Å². The number of para-hydroxylation sites is 1. The topological polar surface area (TPSA) is 75.5 Å². The summed E-state index contributed by atoms with van der Waals surface area (Å²) in [6.07, 6.45) is 0.564. The van der Waals surface area contributed by atoms with E-state index in [1.807, 2.05) is 30.0 Å². The molecule has 0 saturated carbocycles. The van der Waals surface area contributed by atoms with Crippen LogP contribution in [0.15, 0.2) is 36.4 Å². The van der Waals surface area contributed by atoms with Crippen molar-refractivity contribution in [1.82, 2.24) is 14.7 Å². The van der Waals surface area contributed by atoms with Gasteiger partial charge in [-0.3, -0.25) is 9.48 Å². The Balaban J connectivity index is 1.43. The Morgan fingerprint density at radius 3 is 2.44 bits per heavy atom. The number of nitrogens with zero attached hydrogens (tertiary/aromatic N) is 4. The maximum Gasteiger partial charge on any atom is 0.274 e. The lowest BCUT2D eigenvalue weighted by Crippen LogP contribution is -2.48. The smallest absolute Gasteiger partial charge is 0.274 e. The van der Waals surface area contributed by atoms with Crippen molar-refractivity contribution in [3.8, 4) is 0 Å². The van der Waals surface area contributed by atoms with Gasteiger partial charge in [-0.05, 0) is 31.5 Å². The van der Waals surface area contributed by atoms with Crippen molar-refractivity contribution in [1.29, 1.82) is 0 Å². The summed E-state index contributed by atoms with van der Waals surface area (Å²) in [7, 11) is -2.99. The Hall–Kier alpha value is -2.35. The predicted octanol–water partition coefficient (Wildman–Crippen LogP) is 1.51. The second-order valence-electron chi connectivity index (χ2n) is 7.29. The fraction of sp³-hybridized carbons (Fsp3) is 0.474. The molecular weight excluding hydrogens is 364 g/mol. The van der Waals surface area contributed by atoms with Crippen LogP contribution in [0.5, 0.6) is 0 Å². The number of hydrogen-bond acceptors (Lipinski definition) is 5. The molecule has 1 unspecified atom stereocenters. The Morgan fingerprint density at radius 2 is 1.81 bits per heavy atom. The molecule has 2 aliphatic heterocycles. The summed E-state index contributed by atoms with van der Waals surface area (Å²) in [5.41, 5.74) is 2.42. The molecular formula is C19H24N4O3S. The summed E-state index contributed by atoms with van der Waals surface area (Å²) in [5, 5.41) is 4.46. The van der Waals surface area contributed by atoms with Crippen molar-refractivity contribution in [2.45, 2.75) is 19.4 Å². The van der Waals surface area contributed by atoms with Crippen LogP contribution in [0, 0.1) is 6.92 Å². The number of aromatic nitrogens is 2. The number of carbonyl (C=O) groups excluding carboxylic acids is 1. The van der Waals surface area contributed by atoms with Gasteiger partial charge in [0.1, 0.15) is 0 Å². The van der Waals surface area contributed by atoms with Crippen LogP contribution in [-0.4, -0.2) is 66.7 Å². The van der Waals surface area contributed by atoms with Gasteiger partial charge in [-0.2, -0.15) is 5.10 Å². The normalized spacial score (nSPS) is 22.2. The molecule has 2 saturated heterocycles. The van der Waals surface area contributed by atoms with Crippen LogP contribution in [0.2, 0.25) is 0 Å². The van der Waals surface area contributed by atoms with Gasteiger partial charge in [-0.15, -0.1) is 0 Å². The molecule has 0 bridgehead atoms. The largest absolute Gasteiger partial charge is 0.368 e. The lowest BCUT2D eigenvalue weighted by atomic mass is 10.2. The third-order valence-corrected chi connectivity index (χ3v) is 7.13. The number of benzene rings is 1. The molecule has 3 heterocycles. The Labute approximate surface area is 159 Å². The van der Waals surface area contributed by atoms with Gasteiger partial charge in [-0.25, -0.2) is 8.42 Å². The zero-order valence-electron chi connectivity index (χ0n) is 15.4. The van der Waals surface area contributed by atoms with E-state index in [1.165, 1.54) is 5.69 Å². The van der Waals surface area contributed by atoms with Crippen molar-refractivity contribution < 1.29 is 13.2 Å². The van der Waals surface area contributed by atoms with Gasteiger partial charge in [0.05, 0.1) is 17.5 Å². The van der Waals surface area contributed by atoms with Crippen LogP contribution in [0.4, 0.5) is 5.69 Å². The number of amides is 1. The molecule has 0 N–H and O–H groups in total. The first-order valence-corrected chi connectivity index (χ1v) is 11.1. The highest BCUT2D eigenvalue weighted by Gasteiger charge is 2.32. The summed E-state index contributed by atoms with van der Waals surface area (Å²) < 4.78 is 25.2. The van der Waals surface area contributed by atoms with Crippen LogP contribution in [0.3, 0.4) is 0 Å². The zero-order chi connectivity index (χ0) is 19.0. The highest BCUT2D eigenvalue weighted by molar-refractivity contribution is 7.91. The fourth-order valence-corrected chi connectivity index (χ4v) is 5.59. The number of anilines is 1. The quantitative estimate of drug-likeness (QED) is 0.797. The highest BCUT2D eigenvalue weighted by atomic mass is 32.2. The van der Waals surface area contributed by atoms with E-state index in [9.17, 15) is 13.2 Å². The van der Waals surface area contributed by atoms with Gasteiger partial charge in [-0.1, -0.05) is 18.2 Å². The molecule has 1 aromatic heterocycles. The minimum absolute atomic E-state index is 0.0783. The fourth-order valence-electron chi connectivity index (χ4n) is 3.90. The number of piperazine rings is 1. The summed E-state index contributed by atoms with van der Waals surface area (Å²) in [6, 6.07) is 11.8. The van der Waals surface area contributed by atoms with Gasteiger partial charge < -0.3 is 9.80 Å². The molecule has 1 amide bonds. The standard InChI is InChI=1S/C19H24N4O3S/c1-15-13-18(20-23(15)17-7-12-27(25,26)14-17)19(24)22-10-8-21(9-11-22)16-5-3-2-4-6-16/h2-6,13,17H,7-12,14H2,1H3. The number of rotatable bonds is 3.